The molecule has 0 aliphatic heterocycles. The second-order valence-electron chi connectivity index (χ2n) is 9.69. The number of hydrogen-bond acceptors (Lipinski definition) is 4. The van der Waals surface area contributed by atoms with Gasteiger partial charge < -0.3 is 15.1 Å². The lowest BCUT2D eigenvalue weighted by Gasteiger charge is -2.28. The largest absolute Gasteiger partial charge is 0.393 e. The molecule has 1 aliphatic rings. The van der Waals surface area contributed by atoms with Crippen molar-refractivity contribution in [3.05, 3.63) is 58.7 Å². The molecule has 4 N–H and O–H groups in total. The first-order valence-corrected chi connectivity index (χ1v) is 15.1. The number of rotatable bonds is 8. The highest BCUT2D eigenvalue weighted by atomic mass is 16.6. The van der Waals surface area contributed by atoms with Gasteiger partial charge >= 0.3 is 0 Å². The molecule has 4 nitrogen and oxygen atoms in total. The topological polar surface area (TPSA) is 75.7 Å². The van der Waals surface area contributed by atoms with Crippen LogP contribution < -0.4 is 5.90 Å². The van der Waals surface area contributed by atoms with Gasteiger partial charge in [0.25, 0.3) is 0 Å². The van der Waals surface area contributed by atoms with Crippen LogP contribution in [0.3, 0.4) is 0 Å². The zero-order chi connectivity index (χ0) is 30.4. The Morgan fingerprint density at radius 2 is 1.37 bits per heavy atom. The third kappa shape index (κ3) is 24.9. The van der Waals surface area contributed by atoms with E-state index in [1.54, 1.807) is 0 Å². The van der Waals surface area contributed by atoms with Gasteiger partial charge in [-0.15, -0.1) is 0 Å². The molecule has 1 saturated carbocycles. The van der Waals surface area contributed by atoms with Gasteiger partial charge in [-0.05, 0) is 70.9 Å². The fourth-order valence-corrected chi connectivity index (χ4v) is 3.73. The average Bonchev–Trinajstić information content (AvgIpc) is 3.31. The lowest BCUT2D eigenvalue weighted by molar-refractivity contribution is -0.0223. The van der Waals surface area contributed by atoms with Crippen molar-refractivity contribution in [2.45, 2.75) is 145 Å². The fourth-order valence-electron chi connectivity index (χ4n) is 3.73. The Hall–Kier alpha value is -1.46. The van der Waals surface area contributed by atoms with Gasteiger partial charge in [0.2, 0.25) is 0 Å². The molecule has 2 rings (SSSR count). The van der Waals surface area contributed by atoms with Crippen LogP contribution in [-0.4, -0.2) is 29.5 Å². The SMILES string of the molecule is CC.CC.CC(C)=CC=C(C)C.CCC.CCCCCCc1ccc([C@@H]2CCCC2(O)CO)cc1.CON. The lowest BCUT2D eigenvalue weighted by Crippen LogP contribution is -2.35. The number of nitrogens with two attached hydrogens (primary N) is 1. The van der Waals surface area contributed by atoms with E-state index in [2.05, 4.69) is 95.6 Å². The molecule has 0 aromatic heterocycles. The minimum absolute atomic E-state index is 0.0987. The van der Waals surface area contributed by atoms with E-state index < -0.39 is 5.60 Å². The number of aliphatic hydroxyl groups is 2. The molecule has 0 radical (unpaired) electrons. The molecule has 226 valence electrons. The molecule has 1 aromatic carbocycles. The second-order valence-corrected chi connectivity index (χ2v) is 9.69. The van der Waals surface area contributed by atoms with Crippen LogP contribution >= 0.6 is 0 Å². The number of hydrogen-bond donors (Lipinski definition) is 3. The molecule has 38 heavy (non-hydrogen) atoms. The minimum Gasteiger partial charge on any atom is -0.393 e. The number of unbranched alkanes of at least 4 members (excludes halogenated alkanes) is 3. The van der Waals surface area contributed by atoms with Crippen LogP contribution in [0.1, 0.15) is 145 Å². The van der Waals surface area contributed by atoms with E-state index in [1.807, 2.05) is 27.7 Å². The Kier molecular flexibility index (Phi) is 36.4. The van der Waals surface area contributed by atoms with Crippen molar-refractivity contribution >= 4 is 0 Å². The van der Waals surface area contributed by atoms with Gasteiger partial charge in [-0.2, -0.15) is 0 Å². The summed E-state index contributed by atoms with van der Waals surface area (Å²) < 4.78 is 0. The predicted molar refractivity (Wildman–Crippen MR) is 172 cm³/mol. The van der Waals surface area contributed by atoms with Crippen molar-refractivity contribution in [1.29, 1.82) is 0 Å². The van der Waals surface area contributed by atoms with Gasteiger partial charge in [-0.3, -0.25) is 0 Å². The summed E-state index contributed by atoms with van der Waals surface area (Å²) in [5.74, 6) is 4.45. The molecule has 0 saturated heterocycles. The van der Waals surface area contributed by atoms with Crippen molar-refractivity contribution in [1.82, 2.24) is 0 Å². The van der Waals surface area contributed by atoms with Gasteiger partial charge in [0.1, 0.15) is 0 Å². The van der Waals surface area contributed by atoms with Gasteiger partial charge in [0.05, 0.1) is 19.3 Å². The molecule has 0 bridgehead atoms. The molecule has 4 heteroatoms. The number of aliphatic hydroxyl groups excluding tert-OH is 1. The summed E-state index contributed by atoms with van der Waals surface area (Å²) >= 11 is 0. The van der Waals surface area contributed by atoms with E-state index in [0.29, 0.717) is 6.42 Å². The first-order chi connectivity index (χ1) is 18.1. The Morgan fingerprint density at radius 1 is 0.921 bits per heavy atom. The standard InChI is InChI=1S/C18H28O2.C8H14.C3H8.2C2H6.CH5NO/c1-2-3-4-5-7-15-9-11-16(12-10-15)17-8-6-13-18(17,20)14-19;1-7(2)5-6-8(3)4;1-3-2;2*1-2;1-3-2/h9-12,17,19-20H,2-8,13-14H2,1H3;5-6H,1-4H3;3H2,1-2H3;2*1-2H3;2H2,1H3/t17-,18?;;;;;/m0...../s1. The zero-order valence-electron chi connectivity index (χ0n) is 27.5. The van der Waals surface area contributed by atoms with Gasteiger partial charge in [-0.25, -0.2) is 5.90 Å². The summed E-state index contributed by atoms with van der Waals surface area (Å²) in [5, 5.41) is 19.9. The van der Waals surface area contributed by atoms with Crippen LogP contribution in [0.5, 0.6) is 0 Å². The van der Waals surface area contributed by atoms with Crippen LogP contribution in [-0.2, 0) is 11.3 Å². The molecule has 1 fully saturated rings. The highest BCUT2D eigenvalue weighted by Crippen LogP contribution is 2.42. The van der Waals surface area contributed by atoms with Gasteiger partial charge in [-0.1, -0.05) is 122 Å². The van der Waals surface area contributed by atoms with Crippen LogP contribution in [0.2, 0.25) is 0 Å². The number of benzene rings is 1. The molecular formula is C34H67NO3. The summed E-state index contributed by atoms with van der Waals surface area (Å²) in [6, 6.07) is 8.67. The summed E-state index contributed by atoms with van der Waals surface area (Å²) in [7, 11) is 1.40. The Bertz CT molecular complexity index is 626. The number of aryl methyl sites for hydroxylation is 1. The molecule has 1 aliphatic carbocycles. The second kappa shape index (κ2) is 31.8. The molecule has 0 spiro atoms. The monoisotopic (exact) mass is 538 g/mol. The maximum absolute atomic E-state index is 10.4. The molecular weight excluding hydrogens is 470 g/mol. The Balaban J connectivity index is -0.000000267. The number of allylic oxidation sites excluding steroid dienone is 4. The van der Waals surface area contributed by atoms with Crippen LogP contribution in [0, 0.1) is 0 Å². The van der Waals surface area contributed by atoms with E-state index in [0.717, 1.165) is 19.3 Å². The maximum Gasteiger partial charge on any atom is 0.0945 e. The maximum atomic E-state index is 10.4. The van der Waals surface area contributed by atoms with Crippen molar-refractivity contribution in [3.8, 4) is 0 Å². The first-order valence-electron chi connectivity index (χ1n) is 15.1. The van der Waals surface area contributed by atoms with E-state index in [4.69, 9.17) is 0 Å². The van der Waals surface area contributed by atoms with Crippen molar-refractivity contribution in [2.24, 2.45) is 5.90 Å². The van der Waals surface area contributed by atoms with E-state index >= 15 is 0 Å². The molecule has 1 unspecified atom stereocenters. The zero-order valence-corrected chi connectivity index (χ0v) is 27.5. The summed E-state index contributed by atoms with van der Waals surface area (Å²) in [6.45, 7) is 22.7. The van der Waals surface area contributed by atoms with E-state index in [1.165, 1.54) is 61.5 Å². The Labute approximate surface area is 238 Å². The minimum atomic E-state index is -0.900. The van der Waals surface area contributed by atoms with Gasteiger partial charge in [0.15, 0.2) is 0 Å². The molecule has 0 amide bonds. The first kappa shape index (κ1) is 43.6. The van der Waals surface area contributed by atoms with Crippen LogP contribution in [0.25, 0.3) is 0 Å². The highest BCUT2D eigenvalue weighted by molar-refractivity contribution is 5.29. The van der Waals surface area contributed by atoms with Crippen molar-refractivity contribution < 1.29 is 15.1 Å². The Morgan fingerprint density at radius 3 is 1.74 bits per heavy atom. The van der Waals surface area contributed by atoms with Crippen molar-refractivity contribution in [3.63, 3.8) is 0 Å². The van der Waals surface area contributed by atoms with Crippen LogP contribution in [0.4, 0.5) is 0 Å². The van der Waals surface area contributed by atoms with Crippen LogP contribution in [0.15, 0.2) is 47.6 Å². The molecule has 0 heterocycles. The smallest absolute Gasteiger partial charge is 0.0945 e. The average molecular weight is 538 g/mol. The quantitative estimate of drug-likeness (QED) is 0.175. The van der Waals surface area contributed by atoms with E-state index in [9.17, 15) is 10.2 Å². The lowest BCUT2D eigenvalue weighted by atomic mass is 9.85. The molecule has 2 atom stereocenters. The summed E-state index contributed by atoms with van der Waals surface area (Å²) in [6.07, 6.45) is 14.5. The highest BCUT2D eigenvalue weighted by Gasteiger charge is 2.41. The van der Waals surface area contributed by atoms with E-state index in [-0.39, 0.29) is 12.5 Å². The third-order valence-corrected chi connectivity index (χ3v) is 5.48. The summed E-state index contributed by atoms with van der Waals surface area (Å²) in [4.78, 5) is 3.75. The molecule has 1 aromatic rings. The fraction of sp³-hybridized carbons (Fsp3) is 0.706. The third-order valence-electron chi connectivity index (χ3n) is 5.48. The van der Waals surface area contributed by atoms with Crippen molar-refractivity contribution in [2.75, 3.05) is 13.7 Å². The predicted octanol–water partition coefficient (Wildman–Crippen LogP) is 9.69. The van der Waals surface area contributed by atoms with Gasteiger partial charge in [0, 0.05) is 5.92 Å². The normalized spacial score (nSPS) is 16.7. The summed E-state index contributed by atoms with van der Waals surface area (Å²) in [5.41, 5.74) is 4.37.